The zero-order valence-electron chi connectivity index (χ0n) is 13.7. The highest BCUT2D eigenvalue weighted by Crippen LogP contribution is 2.31. The molecule has 3 rings (SSSR count). The summed E-state index contributed by atoms with van der Waals surface area (Å²) in [5.41, 5.74) is 8.19. The quantitative estimate of drug-likeness (QED) is 0.817. The second-order valence-electron chi connectivity index (χ2n) is 5.71. The van der Waals surface area contributed by atoms with Crippen molar-refractivity contribution in [2.45, 2.75) is 19.4 Å². The van der Waals surface area contributed by atoms with Gasteiger partial charge in [0.05, 0.1) is 19.3 Å². The van der Waals surface area contributed by atoms with Crippen LogP contribution in [-0.4, -0.2) is 45.5 Å². The minimum atomic E-state index is -0.882. The summed E-state index contributed by atoms with van der Waals surface area (Å²) in [5.74, 6) is -0.379. The maximum Gasteiger partial charge on any atom is 0.303 e. The second-order valence-corrected chi connectivity index (χ2v) is 5.71. The standard InChI is InChI=1S/C17H18N4O4/c1-25-11-6-4-10(5-7-11)14-12-9-21(8-2-3-13(22)23)16(24)15(12)20-17(18)19-14/h4-7H,2-3,8-9H2,1H3,(H,22,23)(H2,18,19,20). The van der Waals surface area contributed by atoms with Gasteiger partial charge in [-0.05, 0) is 30.7 Å². The van der Waals surface area contributed by atoms with Crippen molar-refractivity contribution in [1.29, 1.82) is 0 Å². The van der Waals surface area contributed by atoms with E-state index in [-0.39, 0.29) is 24.0 Å². The lowest BCUT2D eigenvalue weighted by Crippen LogP contribution is -2.25. The molecule has 1 amide bonds. The number of rotatable bonds is 6. The predicted molar refractivity (Wildman–Crippen MR) is 90.0 cm³/mol. The number of amides is 1. The van der Waals surface area contributed by atoms with Crippen LogP contribution in [0.15, 0.2) is 24.3 Å². The third-order valence-corrected chi connectivity index (χ3v) is 4.05. The van der Waals surface area contributed by atoms with E-state index in [1.807, 2.05) is 12.1 Å². The number of nitrogen functional groups attached to an aromatic ring is 1. The van der Waals surface area contributed by atoms with Gasteiger partial charge in [0.15, 0.2) is 0 Å². The third kappa shape index (κ3) is 3.37. The Hall–Kier alpha value is -3.16. The van der Waals surface area contributed by atoms with Crippen LogP contribution in [0.4, 0.5) is 5.95 Å². The van der Waals surface area contributed by atoms with Gasteiger partial charge in [-0.25, -0.2) is 9.97 Å². The first-order chi connectivity index (χ1) is 12.0. The van der Waals surface area contributed by atoms with Crippen LogP contribution in [0.5, 0.6) is 5.75 Å². The maximum atomic E-state index is 12.5. The first kappa shape index (κ1) is 16.7. The lowest BCUT2D eigenvalue weighted by atomic mass is 10.1. The van der Waals surface area contributed by atoms with Crippen molar-refractivity contribution < 1.29 is 19.4 Å². The number of aliphatic carboxylic acids is 1. The molecule has 0 aliphatic carbocycles. The van der Waals surface area contributed by atoms with E-state index in [4.69, 9.17) is 15.6 Å². The van der Waals surface area contributed by atoms with Crippen LogP contribution >= 0.6 is 0 Å². The Labute approximate surface area is 144 Å². The summed E-state index contributed by atoms with van der Waals surface area (Å²) in [4.78, 5) is 33.1. The molecule has 0 saturated heterocycles. The number of carbonyl (C=O) groups is 2. The normalized spacial score (nSPS) is 13.0. The van der Waals surface area contributed by atoms with Crippen LogP contribution in [0.1, 0.15) is 28.9 Å². The van der Waals surface area contributed by atoms with E-state index < -0.39 is 5.97 Å². The second kappa shape index (κ2) is 6.76. The number of carboxylic acids is 1. The van der Waals surface area contributed by atoms with E-state index in [2.05, 4.69) is 9.97 Å². The molecule has 8 heteroatoms. The first-order valence-corrected chi connectivity index (χ1v) is 7.81. The van der Waals surface area contributed by atoms with Crippen molar-refractivity contribution >= 4 is 17.8 Å². The molecule has 0 radical (unpaired) electrons. The highest BCUT2D eigenvalue weighted by molar-refractivity contribution is 5.98. The summed E-state index contributed by atoms with van der Waals surface area (Å²) in [6.07, 6.45) is 0.398. The molecule has 1 aromatic heterocycles. The number of methoxy groups -OCH3 is 1. The summed E-state index contributed by atoms with van der Waals surface area (Å²) in [7, 11) is 1.59. The number of anilines is 1. The molecule has 1 aliphatic rings. The van der Waals surface area contributed by atoms with Crippen molar-refractivity contribution in [3.8, 4) is 17.0 Å². The summed E-state index contributed by atoms with van der Waals surface area (Å²) < 4.78 is 5.15. The molecular formula is C17H18N4O4. The van der Waals surface area contributed by atoms with Crippen LogP contribution in [0.3, 0.4) is 0 Å². The molecule has 130 valence electrons. The topological polar surface area (TPSA) is 119 Å². The maximum absolute atomic E-state index is 12.5. The fourth-order valence-electron chi connectivity index (χ4n) is 2.83. The number of carboxylic acid groups (broad SMARTS) is 1. The van der Waals surface area contributed by atoms with Crippen LogP contribution in [0.2, 0.25) is 0 Å². The van der Waals surface area contributed by atoms with Crippen LogP contribution in [0.25, 0.3) is 11.3 Å². The molecule has 0 spiro atoms. The SMILES string of the molecule is COc1ccc(-c2nc(N)nc3c2CN(CCCC(=O)O)C3=O)cc1. The molecule has 1 aromatic carbocycles. The lowest BCUT2D eigenvalue weighted by Gasteiger charge is -2.14. The van der Waals surface area contributed by atoms with Gasteiger partial charge in [-0.1, -0.05) is 0 Å². The monoisotopic (exact) mass is 342 g/mol. The first-order valence-electron chi connectivity index (χ1n) is 7.81. The van der Waals surface area contributed by atoms with E-state index in [1.54, 1.807) is 24.1 Å². The highest BCUT2D eigenvalue weighted by atomic mass is 16.5. The molecule has 2 aromatic rings. The van der Waals surface area contributed by atoms with Gasteiger partial charge in [-0.3, -0.25) is 9.59 Å². The number of aromatic nitrogens is 2. The van der Waals surface area contributed by atoms with Gasteiger partial charge in [-0.15, -0.1) is 0 Å². The minimum absolute atomic E-state index is 0.0132. The predicted octanol–water partition coefficient (Wildman–Crippen LogP) is 1.56. The van der Waals surface area contributed by atoms with Gasteiger partial charge < -0.3 is 20.5 Å². The number of benzene rings is 1. The number of nitrogens with two attached hydrogens (primary N) is 1. The Morgan fingerprint density at radius 1 is 1.28 bits per heavy atom. The zero-order valence-corrected chi connectivity index (χ0v) is 13.7. The summed E-state index contributed by atoms with van der Waals surface area (Å²) >= 11 is 0. The molecule has 8 nitrogen and oxygen atoms in total. The Morgan fingerprint density at radius 3 is 2.60 bits per heavy atom. The number of fused-ring (bicyclic) bond motifs is 1. The molecule has 1 aliphatic heterocycles. The van der Waals surface area contributed by atoms with Crippen molar-refractivity contribution in [2.75, 3.05) is 19.4 Å². The van der Waals surface area contributed by atoms with Crippen molar-refractivity contribution in [2.24, 2.45) is 0 Å². The van der Waals surface area contributed by atoms with Gasteiger partial charge in [0.2, 0.25) is 5.95 Å². The largest absolute Gasteiger partial charge is 0.497 e. The minimum Gasteiger partial charge on any atom is -0.497 e. The van der Waals surface area contributed by atoms with Crippen molar-refractivity contribution in [3.05, 3.63) is 35.5 Å². The van der Waals surface area contributed by atoms with E-state index in [9.17, 15) is 9.59 Å². The summed E-state index contributed by atoms with van der Waals surface area (Å²) in [5, 5.41) is 8.75. The molecule has 2 heterocycles. The Balaban J connectivity index is 1.90. The molecule has 0 atom stereocenters. The van der Waals surface area contributed by atoms with Crippen molar-refractivity contribution in [3.63, 3.8) is 0 Å². The molecule has 3 N–H and O–H groups in total. The van der Waals surface area contributed by atoms with Gasteiger partial charge in [0, 0.05) is 24.1 Å². The third-order valence-electron chi connectivity index (χ3n) is 4.05. The van der Waals surface area contributed by atoms with E-state index in [1.165, 1.54) is 0 Å². The number of hydrogen-bond donors (Lipinski definition) is 2. The zero-order chi connectivity index (χ0) is 18.0. The van der Waals surface area contributed by atoms with Gasteiger partial charge in [-0.2, -0.15) is 0 Å². The van der Waals surface area contributed by atoms with Crippen LogP contribution in [-0.2, 0) is 11.3 Å². The fraction of sp³-hybridized carbons (Fsp3) is 0.294. The Morgan fingerprint density at radius 2 is 1.96 bits per heavy atom. The smallest absolute Gasteiger partial charge is 0.303 e. The molecule has 0 fully saturated rings. The molecule has 0 unspecified atom stereocenters. The number of ether oxygens (including phenoxy) is 1. The van der Waals surface area contributed by atoms with Crippen LogP contribution in [0, 0.1) is 0 Å². The van der Waals surface area contributed by atoms with Crippen molar-refractivity contribution in [1.82, 2.24) is 14.9 Å². The van der Waals surface area contributed by atoms with Gasteiger partial charge in [0.25, 0.3) is 5.91 Å². The summed E-state index contributed by atoms with van der Waals surface area (Å²) in [6.45, 7) is 0.693. The average Bonchev–Trinajstić information content (AvgIpc) is 2.90. The Bertz CT molecular complexity index is 820. The van der Waals surface area contributed by atoms with E-state index >= 15 is 0 Å². The van der Waals surface area contributed by atoms with E-state index in [0.29, 0.717) is 36.5 Å². The van der Waals surface area contributed by atoms with Gasteiger partial charge >= 0.3 is 5.97 Å². The molecule has 0 saturated carbocycles. The molecule has 0 bridgehead atoms. The Kier molecular flexibility index (Phi) is 4.51. The van der Waals surface area contributed by atoms with Gasteiger partial charge in [0.1, 0.15) is 11.4 Å². The number of nitrogens with zero attached hydrogens (tertiary/aromatic N) is 3. The number of carbonyl (C=O) groups excluding carboxylic acids is 1. The molecule has 25 heavy (non-hydrogen) atoms. The summed E-state index contributed by atoms with van der Waals surface area (Å²) in [6, 6.07) is 7.31. The molecular weight excluding hydrogens is 324 g/mol. The van der Waals surface area contributed by atoms with E-state index in [0.717, 1.165) is 5.56 Å². The van der Waals surface area contributed by atoms with Crippen LogP contribution < -0.4 is 10.5 Å². The average molecular weight is 342 g/mol. The number of hydrogen-bond acceptors (Lipinski definition) is 6. The lowest BCUT2D eigenvalue weighted by molar-refractivity contribution is -0.137. The fourth-order valence-corrected chi connectivity index (χ4v) is 2.83. The highest BCUT2D eigenvalue weighted by Gasteiger charge is 2.32.